The fourth-order valence-corrected chi connectivity index (χ4v) is 4.69. The van der Waals surface area contributed by atoms with E-state index in [2.05, 4.69) is 5.92 Å². The molecule has 0 unspecified atom stereocenters. The molecule has 2 aromatic rings. The van der Waals surface area contributed by atoms with Crippen molar-refractivity contribution in [1.82, 2.24) is 0 Å². The van der Waals surface area contributed by atoms with Crippen LogP contribution in [-0.4, -0.2) is 18.0 Å². The van der Waals surface area contributed by atoms with Gasteiger partial charge in [0.05, 0.1) is 16.8 Å². The van der Waals surface area contributed by atoms with Crippen LogP contribution in [0.5, 0.6) is 5.75 Å². The first kappa shape index (κ1) is 25.4. The van der Waals surface area contributed by atoms with Gasteiger partial charge in [-0.25, -0.2) is 13.5 Å². The van der Waals surface area contributed by atoms with Crippen LogP contribution in [0.25, 0.3) is 10.8 Å². The molecular weight excluding hydrogens is 418 g/mol. The Bertz CT molecular complexity index is 1010. The second-order valence-electron chi connectivity index (χ2n) is 9.58. The lowest BCUT2D eigenvalue weighted by atomic mass is 9.92. The molecule has 0 aliphatic rings. The van der Waals surface area contributed by atoms with Crippen molar-refractivity contribution in [1.29, 1.82) is 0 Å². The number of benzene rings is 2. The molecule has 0 spiro atoms. The molecule has 0 bridgehead atoms. The predicted molar refractivity (Wildman–Crippen MR) is 122 cm³/mol. The van der Waals surface area contributed by atoms with Gasteiger partial charge in [-0.1, -0.05) is 25.8 Å². The van der Waals surface area contributed by atoms with Gasteiger partial charge in [-0.3, -0.25) is 9.05 Å². The number of fused-ring (bicyclic) bond motifs is 1. The molecule has 0 atom stereocenters. The van der Waals surface area contributed by atoms with Gasteiger partial charge in [0, 0.05) is 5.39 Å². The molecule has 0 heterocycles. The minimum Gasteiger partial charge on any atom is -0.467 e. The molecule has 7 heteroatoms. The first-order chi connectivity index (χ1) is 14.1. The van der Waals surface area contributed by atoms with E-state index in [1.807, 2.05) is 13.8 Å². The van der Waals surface area contributed by atoms with E-state index in [9.17, 15) is 8.96 Å². The van der Waals surface area contributed by atoms with E-state index in [0.29, 0.717) is 11.1 Å². The standard InChI is InChI=1S/C24H32FO5P/c1-10-19-21(25)12-11-17-13-18(14-20(16(2)3)22(17)19)27-15-28-31(26,29-23(4,5)6)30-24(7,8)9/h1,11-14,16H,15H2,2-9H3. The molecule has 2 rings (SSSR count). The van der Waals surface area contributed by atoms with Crippen molar-refractivity contribution in [2.75, 3.05) is 6.79 Å². The third-order valence-corrected chi connectivity index (χ3v) is 6.01. The summed E-state index contributed by atoms with van der Waals surface area (Å²) in [6.07, 6.45) is 5.55. The first-order valence-electron chi connectivity index (χ1n) is 10.2. The number of hydrogen-bond acceptors (Lipinski definition) is 5. The summed E-state index contributed by atoms with van der Waals surface area (Å²) in [6.45, 7) is 14.2. The van der Waals surface area contributed by atoms with Gasteiger partial charge < -0.3 is 4.74 Å². The van der Waals surface area contributed by atoms with Crippen molar-refractivity contribution >= 4 is 18.6 Å². The van der Waals surface area contributed by atoms with Crippen LogP contribution < -0.4 is 4.74 Å². The lowest BCUT2D eigenvalue weighted by Gasteiger charge is -2.30. The average Bonchev–Trinajstić information content (AvgIpc) is 2.57. The average molecular weight is 450 g/mol. The third-order valence-electron chi connectivity index (χ3n) is 4.05. The lowest BCUT2D eigenvalue weighted by Crippen LogP contribution is -2.25. The quantitative estimate of drug-likeness (QED) is 0.254. The zero-order valence-corrected chi connectivity index (χ0v) is 20.4. The molecule has 0 N–H and O–H groups in total. The van der Waals surface area contributed by atoms with E-state index in [4.69, 9.17) is 24.7 Å². The summed E-state index contributed by atoms with van der Waals surface area (Å²) in [4.78, 5) is 0. The van der Waals surface area contributed by atoms with Gasteiger partial charge in [-0.05, 0) is 76.6 Å². The highest BCUT2D eigenvalue weighted by atomic mass is 31.2. The topological polar surface area (TPSA) is 54.0 Å². The lowest BCUT2D eigenvalue weighted by molar-refractivity contribution is -0.0189. The van der Waals surface area contributed by atoms with Crippen molar-refractivity contribution < 1.29 is 27.3 Å². The number of terminal acetylenes is 1. The Balaban J connectivity index is 2.32. The van der Waals surface area contributed by atoms with E-state index in [1.54, 1.807) is 59.7 Å². The van der Waals surface area contributed by atoms with Crippen LogP contribution in [0.3, 0.4) is 0 Å². The highest BCUT2D eigenvalue weighted by molar-refractivity contribution is 7.48. The minimum atomic E-state index is -3.90. The molecule has 2 aromatic carbocycles. The molecule has 0 aromatic heterocycles. The second kappa shape index (κ2) is 9.30. The van der Waals surface area contributed by atoms with Gasteiger partial charge in [0.2, 0.25) is 0 Å². The Kier molecular flexibility index (Phi) is 7.61. The highest BCUT2D eigenvalue weighted by Crippen LogP contribution is 2.55. The van der Waals surface area contributed by atoms with Gasteiger partial charge in [-0.15, -0.1) is 6.42 Å². The Morgan fingerprint density at radius 1 is 1.06 bits per heavy atom. The number of halogens is 1. The number of rotatable bonds is 7. The Morgan fingerprint density at radius 3 is 2.13 bits per heavy atom. The number of phosphoric acid groups is 1. The molecule has 0 saturated heterocycles. The largest absolute Gasteiger partial charge is 0.478 e. The Morgan fingerprint density at radius 2 is 1.65 bits per heavy atom. The first-order valence-corrected chi connectivity index (χ1v) is 11.6. The molecule has 0 aliphatic carbocycles. The molecule has 0 aliphatic heterocycles. The van der Waals surface area contributed by atoms with Crippen LogP contribution in [0.2, 0.25) is 0 Å². The van der Waals surface area contributed by atoms with E-state index >= 15 is 0 Å². The molecular formula is C24H32FO5P. The fourth-order valence-electron chi connectivity index (χ4n) is 3.03. The van der Waals surface area contributed by atoms with Crippen molar-refractivity contribution in [2.45, 2.75) is 72.5 Å². The van der Waals surface area contributed by atoms with Crippen molar-refractivity contribution in [3.63, 3.8) is 0 Å². The summed E-state index contributed by atoms with van der Waals surface area (Å²) in [5.41, 5.74) is -0.417. The molecule has 31 heavy (non-hydrogen) atoms. The van der Waals surface area contributed by atoms with Crippen LogP contribution in [0, 0.1) is 18.2 Å². The SMILES string of the molecule is C#Cc1c(F)ccc2cc(OCOP(=O)(OC(C)(C)C)OC(C)(C)C)cc(C(C)C)c12. The number of hydrogen-bond donors (Lipinski definition) is 0. The molecule has 5 nitrogen and oxygen atoms in total. The molecule has 0 radical (unpaired) electrons. The molecule has 170 valence electrons. The molecule has 0 fully saturated rings. The maximum Gasteiger partial charge on any atom is 0.478 e. The highest BCUT2D eigenvalue weighted by Gasteiger charge is 2.37. The smallest absolute Gasteiger partial charge is 0.467 e. The maximum absolute atomic E-state index is 14.2. The summed E-state index contributed by atoms with van der Waals surface area (Å²) in [5.74, 6) is 2.56. The van der Waals surface area contributed by atoms with E-state index in [0.717, 1.165) is 10.9 Å². The van der Waals surface area contributed by atoms with Gasteiger partial charge in [0.25, 0.3) is 0 Å². The van der Waals surface area contributed by atoms with E-state index in [1.165, 1.54) is 6.07 Å². The van der Waals surface area contributed by atoms with Crippen LogP contribution >= 0.6 is 7.82 Å². The summed E-state index contributed by atoms with van der Waals surface area (Å²) < 4.78 is 49.7. The van der Waals surface area contributed by atoms with Gasteiger partial charge in [0.1, 0.15) is 11.6 Å². The predicted octanol–water partition coefficient (Wildman–Crippen LogP) is 7.17. The summed E-state index contributed by atoms with van der Waals surface area (Å²) in [6, 6.07) is 6.52. The zero-order valence-electron chi connectivity index (χ0n) is 19.5. The number of ether oxygens (including phenoxy) is 1. The van der Waals surface area contributed by atoms with Crippen LogP contribution in [0.4, 0.5) is 4.39 Å². The fraction of sp³-hybridized carbons (Fsp3) is 0.500. The second-order valence-corrected chi connectivity index (χ2v) is 11.1. The summed E-state index contributed by atoms with van der Waals surface area (Å²) in [5, 5.41) is 1.43. The van der Waals surface area contributed by atoms with Crippen LogP contribution in [-0.2, 0) is 18.1 Å². The Hall–Kier alpha value is -1.90. The minimum absolute atomic E-state index is 0.0698. The molecule has 0 amide bonds. The van der Waals surface area contributed by atoms with Gasteiger partial charge in [0.15, 0.2) is 6.79 Å². The van der Waals surface area contributed by atoms with Gasteiger partial charge >= 0.3 is 7.82 Å². The Labute approximate surface area is 184 Å². The normalized spacial score (nSPS) is 12.9. The van der Waals surface area contributed by atoms with Gasteiger partial charge in [-0.2, -0.15) is 0 Å². The zero-order chi connectivity index (χ0) is 23.6. The third kappa shape index (κ3) is 7.05. The summed E-state index contributed by atoms with van der Waals surface area (Å²) in [7, 11) is -3.90. The van der Waals surface area contributed by atoms with Crippen molar-refractivity contribution in [3.05, 3.63) is 41.2 Å². The monoisotopic (exact) mass is 450 g/mol. The van der Waals surface area contributed by atoms with E-state index in [-0.39, 0.29) is 18.3 Å². The number of phosphoric ester groups is 1. The van der Waals surface area contributed by atoms with Crippen LogP contribution in [0.15, 0.2) is 24.3 Å². The van der Waals surface area contributed by atoms with E-state index < -0.39 is 24.8 Å². The maximum atomic E-state index is 14.2. The van der Waals surface area contributed by atoms with Crippen LogP contribution in [0.1, 0.15) is 72.4 Å². The van der Waals surface area contributed by atoms with Crippen molar-refractivity contribution in [2.24, 2.45) is 0 Å². The summed E-state index contributed by atoms with van der Waals surface area (Å²) >= 11 is 0. The van der Waals surface area contributed by atoms with Crippen molar-refractivity contribution in [3.8, 4) is 18.1 Å². The molecule has 0 saturated carbocycles.